The number of allylic oxidation sites excluding steroid dienone is 2. The molecule has 6 atom stereocenters. The van der Waals surface area contributed by atoms with Gasteiger partial charge in [-0.3, -0.25) is 33.9 Å². The Hall–Kier alpha value is -7.71. The molecule has 4 amide bonds. The van der Waals surface area contributed by atoms with E-state index in [4.69, 9.17) is 31.4 Å². The number of carbonyl (C=O) groups is 7. The number of hydrogen-bond acceptors (Lipinski definition) is 20. The molecule has 0 spiro atoms. The molecule has 0 bridgehead atoms. The van der Waals surface area contributed by atoms with E-state index in [2.05, 4.69) is 35.9 Å². The van der Waals surface area contributed by atoms with Gasteiger partial charge < -0.3 is 57.4 Å². The molecule has 26 heteroatoms. The van der Waals surface area contributed by atoms with E-state index in [1.54, 1.807) is 60.4 Å². The number of Topliss-reactive ketones (excluding diaryl/α,β-unsaturated/α-hetero) is 2. The molecule has 1 aliphatic carbocycles. The van der Waals surface area contributed by atoms with Crippen LogP contribution >= 0.6 is 21.6 Å². The van der Waals surface area contributed by atoms with Gasteiger partial charge >= 0.3 is 18.2 Å². The van der Waals surface area contributed by atoms with Gasteiger partial charge in [0.2, 0.25) is 23.4 Å². The van der Waals surface area contributed by atoms with E-state index in [1.165, 1.54) is 46.7 Å². The Kier molecular flexibility index (Phi) is 14.2. The first-order chi connectivity index (χ1) is 33.9. The summed E-state index contributed by atoms with van der Waals surface area (Å²) in [7, 11) is 3.90. The van der Waals surface area contributed by atoms with Gasteiger partial charge in [0.1, 0.15) is 25.3 Å². The van der Waals surface area contributed by atoms with Crippen LogP contribution < -0.4 is 38.7 Å². The number of carboxylic acids is 1. The highest BCUT2D eigenvalue weighted by atomic mass is 33.1. The van der Waals surface area contributed by atoms with Crippen molar-refractivity contribution in [3.05, 3.63) is 104 Å². The number of anilines is 2. The first kappa shape index (κ1) is 49.7. The molecule has 3 aliphatic heterocycles. The fourth-order valence-corrected chi connectivity index (χ4v) is 11.1. The number of aromatic amines is 1. The van der Waals surface area contributed by atoms with Gasteiger partial charge in [-0.2, -0.15) is 4.98 Å². The first-order valence-electron chi connectivity index (χ1n) is 22.0. The number of carbonyl (C=O) groups excluding carboxylic acids is 6. The number of nitrogen functional groups attached to an aromatic ring is 1. The maximum atomic E-state index is 13.5. The average Bonchev–Trinajstić information content (AvgIpc) is 3.86. The highest BCUT2D eigenvalue weighted by Gasteiger charge is 2.78. The number of nitrogens with one attached hydrogen (secondary N) is 4. The monoisotopic (exact) mass is 1010 g/mol. The second-order valence-electron chi connectivity index (χ2n) is 17.0. The second-order valence-corrected chi connectivity index (χ2v) is 19.4. The van der Waals surface area contributed by atoms with E-state index in [0.29, 0.717) is 22.5 Å². The number of ketones is 2. The van der Waals surface area contributed by atoms with Crippen LogP contribution in [0.25, 0.3) is 11.2 Å². The third kappa shape index (κ3) is 10.0. The fraction of sp³-hybridized carbons (Fsp3) is 0.356. The lowest BCUT2D eigenvalue weighted by atomic mass is 9.82. The van der Waals surface area contributed by atoms with E-state index in [9.17, 15) is 43.5 Å². The van der Waals surface area contributed by atoms with E-state index in [1.807, 2.05) is 0 Å². The molecule has 4 aromatic rings. The third-order valence-corrected chi connectivity index (χ3v) is 14.9. The van der Waals surface area contributed by atoms with Gasteiger partial charge in [-0.1, -0.05) is 33.7 Å². The second kappa shape index (κ2) is 20.3. The van der Waals surface area contributed by atoms with Crippen LogP contribution in [0.1, 0.15) is 48.3 Å². The molecule has 2 aromatic heterocycles. The Morgan fingerprint density at radius 1 is 1.00 bits per heavy atom. The number of hydrogen-bond donors (Lipinski definition) is 8. The molecule has 4 aliphatic rings. The number of aliphatic carboxylic acids is 1. The quantitative estimate of drug-likeness (QED) is 0.0375. The van der Waals surface area contributed by atoms with Crippen LogP contribution in [0.2, 0.25) is 0 Å². The van der Waals surface area contributed by atoms with E-state index >= 15 is 0 Å². The largest absolute Gasteiger partial charge is 0.480 e. The number of amides is 4. The Labute approximate surface area is 411 Å². The van der Waals surface area contributed by atoms with Gasteiger partial charge in [0, 0.05) is 59.2 Å². The predicted molar refractivity (Wildman–Crippen MR) is 256 cm³/mol. The molecular formula is C45H48N12O12S2. The Morgan fingerprint density at radius 3 is 2.42 bits per heavy atom. The van der Waals surface area contributed by atoms with Crippen molar-refractivity contribution in [2.24, 2.45) is 17.4 Å². The minimum Gasteiger partial charge on any atom is -0.480 e. The summed E-state index contributed by atoms with van der Waals surface area (Å²) in [6, 6.07) is 11.0. The topological polar surface area (TPSA) is 359 Å². The number of benzene rings is 2. The van der Waals surface area contributed by atoms with Crippen LogP contribution in [0.15, 0.2) is 87.0 Å². The highest BCUT2D eigenvalue weighted by molar-refractivity contribution is 8.76. The number of nitrogens with zero attached hydrogens (tertiary/aromatic N) is 5. The summed E-state index contributed by atoms with van der Waals surface area (Å²) in [5.41, 5.74) is 17.3. The summed E-state index contributed by atoms with van der Waals surface area (Å²) < 4.78 is 16.8. The van der Waals surface area contributed by atoms with Crippen molar-refractivity contribution in [2.75, 3.05) is 37.1 Å². The predicted octanol–water partition coefficient (Wildman–Crippen LogP) is 1.53. The molecule has 2 saturated heterocycles. The standard InChI is InChI=1S/C45H48N12O12S2/c1-20(51-39(61)23-7-9-24(10-8-23)49-14-25-15-50-38-33(52-25)40(62)55-42(47)54-38)4-13-30(58)53-28(41(63)64)19-70-71-26-11-5-22(6-12-26)17-69-44(66)57-29-16-56-34-31(36(60)32(46)21(2)35(34)59)27(18-68-43(48)65)45(56,67-3)37(29)57/h5-12,15,20,27-29,37,49H,4,13-14,16-19,46H2,1-3H3,(H2,48,65)(H,51,61)(H,53,58)(H,63,64)(H3,47,50,54,55,62)/t20-,27-,28+,29+,37+,45-,57?/m1/s1. The number of methoxy groups -OCH3 is 1. The lowest BCUT2D eigenvalue weighted by Crippen LogP contribution is -2.56. The fourth-order valence-electron chi connectivity index (χ4n) is 8.91. The number of rotatable bonds is 19. The molecule has 0 unspecified atom stereocenters. The molecule has 11 N–H and O–H groups in total. The molecule has 2 fully saturated rings. The number of carboxylic acid groups (broad SMARTS) is 1. The van der Waals surface area contributed by atoms with Crippen LogP contribution in [0.5, 0.6) is 0 Å². The van der Waals surface area contributed by atoms with Crippen molar-refractivity contribution in [3.63, 3.8) is 0 Å². The van der Waals surface area contributed by atoms with Crippen molar-refractivity contribution >= 4 is 85.9 Å². The highest BCUT2D eigenvalue weighted by Crippen LogP contribution is 2.60. The molecule has 0 radical (unpaired) electrons. The zero-order valence-electron chi connectivity index (χ0n) is 38.3. The SMILES string of the molecule is CO[C@@]12[C@H](COC(N)=O)C3=C(C(=O)C(C)=C(N)C3=O)N1C[C@H]1[C@@H]2N1C(=O)OCc1ccc(SSC[C@H](NC(=O)CC[C@@H](C)NC(=O)c2ccc(NCc3cnc4nc(N)[nH]c(=O)c4n3)cc2)C(=O)O)cc1. The van der Waals surface area contributed by atoms with Crippen molar-refractivity contribution in [3.8, 4) is 0 Å². The van der Waals surface area contributed by atoms with E-state index in [-0.39, 0.29) is 83.9 Å². The Balaban J connectivity index is 0.749. The van der Waals surface area contributed by atoms with Gasteiger partial charge in [0.05, 0.1) is 41.8 Å². The minimum absolute atomic E-state index is 0.0316. The van der Waals surface area contributed by atoms with Crippen LogP contribution in [0.4, 0.5) is 21.2 Å². The van der Waals surface area contributed by atoms with Crippen molar-refractivity contribution < 1.29 is 52.9 Å². The maximum Gasteiger partial charge on any atom is 0.410 e. The Morgan fingerprint density at radius 2 is 1.73 bits per heavy atom. The number of aromatic nitrogens is 4. The number of fused-ring (bicyclic) bond motifs is 5. The lowest BCUT2D eigenvalue weighted by molar-refractivity contribution is -0.144. The number of primary amides is 1. The average molecular weight is 1010 g/mol. The normalized spacial score (nSPS) is 20.7. The van der Waals surface area contributed by atoms with Crippen LogP contribution in [0.3, 0.4) is 0 Å². The molecular weight excluding hydrogens is 965 g/mol. The summed E-state index contributed by atoms with van der Waals surface area (Å²) in [5, 5.41) is 18.4. The van der Waals surface area contributed by atoms with Crippen LogP contribution in [-0.2, 0) is 46.5 Å². The summed E-state index contributed by atoms with van der Waals surface area (Å²) in [6.45, 7) is 3.09. The Bertz CT molecular complexity index is 2970. The summed E-state index contributed by atoms with van der Waals surface area (Å²) in [4.78, 5) is 121. The first-order valence-corrected chi connectivity index (χ1v) is 24.3. The van der Waals surface area contributed by atoms with E-state index < -0.39 is 83.6 Å². The summed E-state index contributed by atoms with van der Waals surface area (Å²) in [6.07, 6.45) is -0.0585. The summed E-state index contributed by atoms with van der Waals surface area (Å²) in [5.74, 6) is -4.09. The number of ether oxygens (including phenoxy) is 3. The number of nitrogens with two attached hydrogens (primary N) is 3. The number of H-pyrrole nitrogens is 1. The molecule has 0 saturated carbocycles. The lowest BCUT2D eigenvalue weighted by Gasteiger charge is -2.40. The van der Waals surface area contributed by atoms with Gasteiger partial charge in [-0.15, -0.1) is 0 Å². The third-order valence-electron chi connectivity index (χ3n) is 12.5. The molecule has 372 valence electrons. The van der Waals surface area contributed by atoms with E-state index in [0.717, 1.165) is 4.90 Å². The smallest absolute Gasteiger partial charge is 0.410 e. The van der Waals surface area contributed by atoms with Crippen LogP contribution in [-0.4, -0.2) is 132 Å². The summed E-state index contributed by atoms with van der Waals surface area (Å²) >= 11 is 0. The maximum absolute atomic E-state index is 13.5. The van der Waals surface area contributed by atoms with Gasteiger partial charge in [-0.05, 0) is 62.2 Å². The molecule has 71 heavy (non-hydrogen) atoms. The number of piperazine rings is 1. The van der Waals surface area contributed by atoms with Crippen LogP contribution in [0, 0.1) is 5.92 Å². The van der Waals surface area contributed by atoms with Crippen molar-refractivity contribution in [2.45, 2.75) is 74.6 Å². The molecule has 8 rings (SSSR count). The molecule has 5 heterocycles. The molecule has 24 nitrogen and oxygen atoms in total. The minimum atomic E-state index is -1.44. The van der Waals surface area contributed by atoms with Gasteiger partial charge in [0.15, 0.2) is 16.9 Å². The van der Waals surface area contributed by atoms with Gasteiger partial charge in [0.25, 0.3) is 11.5 Å². The zero-order chi connectivity index (χ0) is 50.9. The van der Waals surface area contributed by atoms with Gasteiger partial charge in [-0.25, -0.2) is 24.4 Å². The van der Waals surface area contributed by atoms with Crippen molar-refractivity contribution in [1.82, 2.24) is 40.4 Å². The van der Waals surface area contributed by atoms with Crippen molar-refractivity contribution in [1.29, 1.82) is 0 Å². The molecule has 2 aromatic carbocycles. The zero-order valence-corrected chi connectivity index (χ0v) is 39.9.